The van der Waals surface area contributed by atoms with Gasteiger partial charge < -0.3 is 5.02 Å². The molecule has 0 fully saturated rings. The molecular formula is C9H13BO. The minimum Gasteiger partial charge on any atom is -0.446 e. The minimum atomic E-state index is -0.277. The third-order valence-electron chi connectivity index (χ3n) is 1.75. The van der Waals surface area contributed by atoms with Crippen LogP contribution in [-0.4, -0.2) is 11.9 Å². The van der Waals surface area contributed by atoms with E-state index in [2.05, 4.69) is 6.92 Å². The van der Waals surface area contributed by atoms with Gasteiger partial charge in [-0.25, -0.2) is 0 Å². The summed E-state index contributed by atoms with van der Waals surface area (Å²) in [6.45, 7) is 1.80. The lowest BCUT2D eigenvalue weighted by Crippen LogP contribution is -2.28. The highest BCUT2D eigenvalue weighted by atomic mass is 16.2. The molecule has 2 heteroatoms. The summed E-state index contributed by atoms with van der Waals surface area (Å²) in [5.74, 6) is 0. The van der Waals surface area contributed by atoms with E-state index in [1.165, 1.54) is 0 Å². The molecule has 1 aromatic carbocycles. The van der Waals surface area contributed by atoms with Gasteiger partial charge >= 0.3 is 6.92 Å². The van der Waals surface area contributed by atoms with E-state index in [1.54, 1.807) is 0 Å². The molecule has 0 atom stereocenters. The first-order valence-corrected chi connectivity index (χ1v) is 4.07. The first-order valence-electron chi connectivity index (χ1n) is 4.07. The molecular weight excluding hydrogens is 135 g/mol. The van der Waals surface area contributed by atoms with Crippen LogP contribution < -0.4 is 5.46 Å². The predicted molar refractivity (Wildman–Crippen MR) is 49.1 cm³/mol. The molecule has 0 bridgehead atoms. The predicted octanol–water partition coefficient (Wildman–Crippen LogP) is 1.29. The van der Waals surface area contributed by atoms with Crippen LogP contribution >= 0.6 is 0 Å². The molecule has 0 unspecified atom stereocenters. The van der Waals surface area contributed by atoms with E-state index in [4.69, 9.17) is 0 Å². The molecule has 0 spiro atoms. The van der Waals surface area contributed by atoms with Crippen LogP contribution in [0.25, 0.3) is 0 Å². The number of rotatable bonds is 3. The standard InChI is InChI=1S/C9H13BO/c1-2-8-10(11)9-6-4-3-5-7-9/h3-7,11H,2,8H2,1H3. The van der Waals surface area contributed by atoms with Crippen molar-refractivity contribution in [2.45, 2.75) is 19.7 Å². The average molecular weight is 148 g/mol. The van der Waals surface area contributed by atoms with Gasteiger partial charge in [0.25, 0.3) is 0 Å². The molecule has 0 radical (unpaired) electrons. The van der Waals surface area contributed by atoms with Crippen molar-refractivity contribution in [2.75, 3.05) is 0 Å². The summed E-state index contributed by atoms with van der Waals surface area (Å²) in [4.78, 5) is 0. The molecule has 0 amide bonds. The highest BCUT2D eigenvalue weighted by Gasteiger charge is 2.10. The van der Waals surface area contributed by atoms with Crippen LogP contribution in [0.3, 0.4) is 0 Å². The molecule has 11 heavy (non-hydrogen) atoms. The topological polar surface area (TPSA) is 20.2 Å². The summed E-state index contributed by atoms with van der Waals surface area (Å²) < 4.78 is 0. The van der Waals surface area contributed by atoms with Crippen molar-refractivity contribution in [2.24, 2.45) is 0 Å². The zero-order valence-corrected chi connectivity index (χ0v) is 6.83. The molecule has 1 nitrogen and oxygen atoms in total. The second kappa shape index (κ2) is 4.19. The van der Waals surface area contributed by atoms with Crippen LogP contribution in [0.1, 0.15) is 13.3 Å². The number of hydrogen-bond donors (Lipinski definition) is 1. The van der Waals surface area contributed by atoms with E-state index in [0.29, 0.717) is 0 Å². The van der Waals surface area contributed by atoms with E-state index < -0.39 is 0 Å². The fraction of sp³-hybridized carbons (Fsp3) is 0.333. The monoisotopic (exact) mass is 148 g/mol. The second-order valence-electron chi connectivity index (χ2n) is 2.72. The van der Waals surface area contributed by atoms with E-state index in [9.17, 15) is 5.02 Å². The zero-order valence-electron chi connectivity index (χ0n) is 6.83. The Bertz CT molecular complexity index is 198. The molecule has 0 saturated heterocycles. The van der Waals surface area contributed by atoms with Crippen molar-refractivity contribution in [3.8, 4) is 0 Å². The second-order valence-corrected chi connectivity index (χ2v) is 2.72. The van der Waals surface area contributed by atoms with E-state index in [0.717, 1.165) is 18.2 Å². The Balaban J connectivity index is 2.61. The Labute approximate surface area is 68.2 Å². The van der Waals surface area contributed by atoms with Crippen molar-refractivity contribution >= 4 is 12.4 Å². The third-order valence-corrected chi connectivity index (χ3v) is 1.75. The van der Waals surface area contributed by atoms with Gasteiger partial charge in [0.15, 0.2) is 0 Å². The lowest BCUT2D eigenvalue weighted by Gasteiger charge is -2.03. The number of benzene rings is 1. The van der Waals surface area contributed by atoms with Gasteiger partial charge in [-0.2, -0.15) is 0 Å². The zero-order chi connectivity index (χ0) is 8.10. The molecule has 0 aliphatic heterocycles. The molecule has 0 aliphatic carbocycles. The van der Waals surface area contributed by atoms with Gasteiger partial charge in [-0.05, 0) is 11.8 Å². The Morgan fingerprint density at radius 3 is 2.45 bits per heavy atom. The molecule has 0 aromatic heterocycles. The maximum atomic E-state index is 9.52. The lowest BCUT2D eigenvalue weighted by molar-refractivity contribution is 0.581. The van der Waals surface area contributed by atoms with Crippen LogP contribution in [0.4, 0.5) is 0 Å². The summed E-state index contributed by atoms with van der Waals surface area (Å²) in [5.41, 5.74) is 1.02. The molecule has 58 valence electrons. The lowest BCUT2D eigenvalue weighted by atomic mass is 9.58. The maximum Gasteiger partial charge on any atom is 0.323 e. The summed E-state index contributed by atoms with van der Waals surface area (Å²) in [5, 5.41) is 9.52. The molecule has 0 heterocycles. The molecule has 0 saturated carbocycles. The van der Waals surface area contributed by atoms with Crippen LogP contribution in [0.5, 0.6) is 0 Å². The summed E-state index contributed by atoms with van der Waals surface area (Å²) in [6.07, 6.45) is 1.88. The van der Waals surface area contributed by atoms with Crippen molar-refractivity contribution in [1.82, 2.24) is 0 Å². The average Bonchev–Trinajstić information content (AvgIpc) is 2.07. The van der Waals surface area contributed by atoms with Crippen molar-refractivity contribution < 1.29 is 5.02 Å². The van der Waals surface area contributed by atoms with E-state index in [1.807, 2.05) is 30.3 Å². The minimum absolute atomic E-state index is 0.277. The molecule has 1 rings (SSSR count). The Hall–Kier alpha value is -0.755. The van der Waals surface area contributed by atoms with Crippen LogP contribution in [0.2, 0.25) is 6.32 Å². The Morgan fingerprint density at radius 1 is 1.27 bits per heavy atom. The van der Waals surface area contributed by atoms with Gasteiger partial charge in [0.1, 0.15) is 0 Å². The van der Waals surface area contributed by atoms with Crippen LogP contribution in [-0.2, 0) is 0 Å². The molecule has 1 aromatic rings. The third kappa shape index (κ3) is 2.39. The SMILES string of the molecule is CCCB(O)c1ccccc1. The van der Waals surface area contributed by atoms with Crippen LogP contribution in [0, 0.1) is 0 Å². The van der Waals surface area contributed by atoms with Gasteiger partial charge in [-0.15, -0.1) is 0 Å². The van der Waals surface area contributed by atoms with Gasteiger partial charge in [0.2, 0.25) is 0 Å². The maximum absolute atomic E-state index is 9.52. The van der Waals surface area contributed by atoms with Gasteiger partial charge in [-0.1, -0.05) is 43.7 Å². The smallest absolute Gasteiger partial charge is 0.323 e. The van der Waals surface area contributed by atoms with Crippen molar-refractivity contribution in [3.05, 3.63) is 30.3 Å². The van der Waals surface area contributed by atoms with Crippen molar-refractivity contribution in [3.63, 3.8) is 0 Å². The van der Waals surface area contributed by atoms with Gasteiger partial charge in [0.05, 0.1) is 0 Å². The number of hydrogen-bond acceptors (Lipinski definition) is 1. The van der Waals surface area contributed by atoms with Crippen molar-refractivity contribution in [1.29, 1.82) is 0 Å². The highest BCUT2D eigenvalue weighted by Crippen LogP contribution is 1.94. The van der Waals surface area contributed by atoms with Gasteiger partial charge in [-0.3, -0.25) is 0 Å². The summed E-state index contributed by atoms with van der Waals surface area (Å²) in [7, 11) is 0. The molecule has 1 N–H and O–H groups in total. The molecule has 0 aliphatic rings. The largest absolute Gasteiger partial charge is 0.446 e. The van der Waals surface area contributed by atoms with E-state index >= 15 is 0 Å². The fourth-order valence-corrected chi connectivity index (χ4v) is 1.12. The summed E-state index contributed by atoms with van der Waals surface area (Å²) >= 11 is 0. The fourth-order valence-electron chi connectivity index (χ4n) is 1.12. The van der Waals surface area contributed by atoms with Gasteiger partial charge in [0, 0.05) is 0 Å². The quantitative estimate of drug-likeness (QED) is 0.640. The Morgan fingerprint density at radius 2 is 1.91 bits per heavy atom. The van der Waals surface area contributed by atoms with Crippen LogP contribution in [0.15, 0.2) is 30.3 Å². The first-order chi connectivity index (χ1) is 5.34. The Kier molecular flexibility index (Phi) is 3.18. The summed E-state index contributed by atoms with van der Waals surface area (Å²) in [6, 6.07) is 9.78. The first kappa shape index (κ1) is 8.34. The highest BCUT2D eigenvalue weighted by molar-refractivity contribution is 6.66. The normalized spacial score (nSPS) is 9.64. The van der Waals surface area contributed by atoms with E-state index in [-0.39, 0.29) is 6.92 Å².